The minimum absolute atomic E-state index is 0.0473. The van der Waals surface area contributed by atoms with Gasteiger partial charge >= 0.3 is 6.09 Å². The zero-order chi connectivity index (χ0) is 17.1. The van der Waals surface area contributed by atoms with Crippen molar-refractivity contribution in [3.8, 4) is 11.5 Å². The number of hydrogen-bond donors (Lipinski definition) is 3. The first-order chi connectivity index (χ1) is 11.6. The van der Waals surface area contributed by atoms with Gasteiger partial charge in [0.1, 0.15) is 11.5 Å². The van der Waals surface area contributed by atoms with Crippen LogP contribution in [0.25, 0.3) is 0 Å². The van der Waals surface area contributed by atoms with Gasteiger partial charge in [0.05, 0.1) is 0 Å². The first-order valence-corrected chi connectivity index (χ1v) is 8.15. The van der Waals surface area contributed by atoms with Gasteiger partial charge < -0.3 is 15.3 Å². The number of carboxylic acid groups (broad SMARTS) is 1. The Bertz CT molecular complexity index is 709. The second-order valence-corrected chi connectivity index (χ2v) is 6.24. The van der Waals surface area contributed by atoms with Gasteiger partial charge in [-0.2, -0.15) is 0 Å². The molecular formula is C19H21NO4. The molecule has 0 unspecified atom stereocenters. The molecule has 0 spiro atoms. The van der Waals surface area contributed by atoms with Crippen molar-refractivity contribution in [3.63, 3.8) is 0 Å². The molecule has 24 heavy (non-hydrogen) atoms. The third-order valence-electron chi connectivity index (χ3n) is 4.76. The Labute approximate surface area is 140 Å². The van der Waals surface area contributed by atoms with E-state index in [9.17, 15) is 20.1 Å². The molecule has 1 aliphatic carbocycles. The van der Waals surface area contributed by atoms with Gasteiger partial charge in [0, 0.05) is 17.8 Å². The molecule has 0 saturated heterocycles. The number of phenolic OH excluding ortho intramolecular Hbond substituents is 2. The van der Waals surface area contributed by atoms with Gasteiger partial charge in [-0.05, 0) is 55.4 Å². The van der Waals surface area contributed by atoms with Crippen LogP contribution in [0.2, 0.25) is 0 Å². The van der Waals surface area contributed by atoms with Crippen molar-refractivity contribution in [1.29, 1.82) is 0 Å². The van der Waals surface area contributed by atoms with Gasteiger partial charge in [-0.25, -0.2) is 4.79 Å². The second kappa shape index (κ2) is 6.83. The maximum Gasteiger partial charge on any atom is 0.412 e. The maximum atomic E-state index is 11.7. The average molecular weight is 327 g/mol. The van der Waals surface area contributed by atoms with Gasteiger partial charge in [0.25, 0.3) is 0 Å². The van der Waals surface area contributed by atoms with Crippen LogP contribution in [0, 0.1) is 0 Å². The number of anilines is 1. The Hall–Kier alpha value is -2.69. The first kappa shape index (κ1) is 16.2. The second-order valence-electron chi connectivity index (χ2n) is 6.24. The fourth-order valence-corrected chi connectivity index (χ4v) is 3.59. The number of amides is 1. The highest BCUT2D eigenvalue weighted by molar-refractivity contribution is 5.86. The highest BCUT2D eigenvalue weighted by Gasteiger charge is 2.31. The highest BCUT2D eigenvalue weighted by Crippen LogP contribution is 2.40. The van der Waals surface area contributed by atoms with Crippen molar-refractivity contribution < 1.29 is 20.1 Å². The lowest BCUT2D eigenvalue weighted by Crippen LogP contribution is -2.41. The van der Waals surface area contributed by atoms with E-state index < -0.39 is 6.09 Å². The molecule has 2 aromatic carbocycles. The van der Waals surface area contributed by atoms with E-state index in [0.29, 0.717) is 5.69 Å². The summed E-state index contributed by atoms with van der Waals surface area (Å²) in [7, 11) is 0. The fourth-order valence-electron chi connectivity index (χ4n) is 3.59. The predicted molar refractivity (Wildman–Crippen MR) is 91.7 cm³/mol. The fraction of sp³-hybridized carbons (Fsp3) is 0.316. The highest BCUT2D eigenvalue weighted by atomic mass is 16.4. The molecule has 3 rings (SSSR count). The van der Waals surface area contributed by atoms with Gasteiger partial charge in [-0.1, -0.05) is 24.3 Å². The van der Waals surface area contributed by atoms with Gasteiger partial charge in [0.15, 0.2) is 0 Å². The molecule has 2 aromatic rings. The van der Waals surface area contributed by atoms with Crippen LogP contribution < -0.4 is 4.90 Å². The Kier molecular flexibility index (Phi) is 4.60. The number of aromatic hydroxyl groups is 2. The third-order valence-corrected chi connectivity index (χ3v) is 4.76. The Morgan fingerprint density at radius 3 is 2.21 bits per heavy atom. The molecule has 1 amide bonds. The summed E-state index contributed by atoms with van der Waals surface area (Å²) in [5, 5.41) is 29.0. The van der Waals surface area contributed by atoms with Crippen LogP contribution in [-0.2, 0) is 0 Å². The van der Waals surface area contributed by atoms with E-state index in [2.05, 4.69) is 0 Å². The zero-order valence-corrected chi connectivity index (χ0v) is 13.3. The van der Waals surface area contributed by atoms with Gasteiger partial charge in [-0.3, -0.25) is 4.90 Å². The minimum atomic E-state index is -0.933. The summed E-state index contributed by atoms with van der Waals surface area (Å²) in [4.78, 5) is 13.2. The third kappa shape index (κ3) is 3.30. The zero-order valence-electron chi connectivity index (χ0n) is 13.3. The average Bonchev–Trinajstić information content (AvgIpc) is 2.57. The molecule has 5 heteroatoms. The van der Waals surface area contributed by atoms with Crippen LogP contribution in [-0.4, -0.2) is 27.5 Å². The first-order valence-electron chi connectivity index (χ1n) is 8.15. The van der Waals surface area contributed by atoms with Gasteiger partial charge in [0.2, 0.25) is 0 Å². The molecule has 126 valence electrons. The molecule has 0 radical (unpaired) electrons. The molecule has 5 nitrogen and oxygen atoms in total. The number of hydrogen-bond acceptors (Lipinski definition) is 3. The van der Waals surface area contributed by atoms with Crippen molar-refractivity contribution >= 4 is 11.8 Å². The number of para-hydroxylation sites is 1. The minimum Gasteiger partial charge on any atom is -0.508 e. The number of phenols is 2. The van der Waals surface area contributed by atoms with E-state index in [-0.39, 0.29) is 23.5 Å². The lowest BCUT2D eigenvalue weighted by molar-refractivity contribution is 0.195. The van der Waals surface area contributed by atoms with Crippen molar-refractivity contribution in [2.24, 2.45) is 0 Å². The SMILES string of the molecule is O=C(O)N(c1ccccc1)[C@H]1CC[C@H](c2ccc(O)cc2O)CC1. The van der Waals surface area contributed by atoms with E-state index in [1.807, 2.05) is 30.3 Å². The van der Waals surface area contributed by atoms with Crippen molar-refractivity contribution in [1.82, 2.24) is 0 Å². The molecule has 0 aromatic heterocycles. The summed E-state index contributed by atoms with van der Waals surface area (Å²) in [6.07, 6.45) is 2.16. The van der Waals surface area contributed by atoms with E-state index in [0.717, 1.165) is 31.2 Å². The summed E-state index contributed by atoms with van der Waals surface area (Å²) in [5.41, 5.74) is 1.52. The quantitative estimate of drug-likeness (QED) is 0.784. The molecule has 0 atom stereocenters. The number of nitrogens with zero attached hydrogens (tertiary/aromatic N) is 1. The Balaban J connectivity index is 1.72. The number of rotatable bonds is 3. The van der Waals surface area contributed by atoms with Crippen LogP contribution >= 0.6 is 0 Å². The molecule has 1 aliphatic rings. The summed E-state index contributed by atoms with van der Waals surface area (Å²) in [6, 6.07) is 13.8. The van der Waals surface area contributed by atoms with E-state index in [4.69, 9.17) is 0 Å². The smallest absolute Gasteiger partial charge is 0.412 e. The summed E-state index contributed by atoms with van der Waals surface area (Å²) >= 11 is 0. The Morgan fingerprint density at radius 1 is 0.958 bits per heavy atom. The molecule has 0 bridgehead atoms. The van der Waals surface area contributed by atoms with Crippen LogP contribution in [0.5, 0.6) is 11.5 Å². The summed E-state index contributed by atoms with van der Waals surface area (Å²) < 4.78 is 0. The van der Waals surface area contributed by atoms with Crippen LogP contribution in [0.4, 0.5) is 10.5 Å². The monoisotopic (exact) mass is 327 g/mol. The summed E-state index contributed by atoms with van der Waals surface area (Å²) in [6.45, 7) is 0. The van der Waals surface area contributed by atoms with Crippen molar-refractivity contribution in [3.05, 3.63) is 54.1 Å². The summed E-state index contributed by atoms with van der Waals surface area (Å²) in [5.74, 6) is 0.343. The molecule has 1 fully saturated rings. The molecular weight excluding hydrogens is 306 g/mol. The Morgan fingerprint density at radius 2 is 1.62 bits per heavy atom. The van der Waals surface area contributed by atoms with E-state index in [1.165, 1.54) is 11.0 Å². The standard InChI is InChI=1S/C19H21NO4/c21-16-10-11-17(18(22)12-16)13-6-8-15(9-7-13)20(19(23)24)14-4-2-1-3-5-14/h1-5,10-13,15,21-22H,6-9H2,(H,23,24)/t13-,15-. The van der Waals surface area contributed by atoms with Gasteiger partial charge in [-0.15, -0.1) is 0 Å². The predicted octanol–water partition coefficient (Wildman–Crippen LogP) is 4.31. The molecule has 0 heterocycles. The van der Waals surface area contributed by atoms with Crippen molar-refractivity contribution in [2.75, 3.05) is 4.90 Å². The number of benzene rings is 2. The van der Waals surface area contributed by atoms with Crippen LogP contribution in [0.15, 0.2) is 48.5 Å². The lowest BCUT2D eigenvalue weighted by Gasteiger charge is -2.35. The van der Waals surface area contributed by atoms with Crippen molar-refractivity contribution in [2.45, 2.75) is 37.6 Å². The largest absolute Gasteiger partial charge is 0.508 e. The molecule has 0 aliphatic heterocycles. The van der Waals surface area contributed by atoms with Crippen LogP contribution in [0.1, 0.15) is 37.2 Å². The van der Waals surface area contributed by atoms with Crippen LogP contribution in [0.3, 0.4) is 0 Å². The topological polar surface area (TPSA) is 81.0 Å². The van der Waals surface area contributed by atoms with E-state index in [1.54, 1.807) is 12.1 Å². The maximum absolute atomic E-state index is 11.7. The molecule has 1 saturated carbocycles. The molecule has 3 N–H and O–H groups in total. The normalized spacial score (nSPS) is 20.5. The number of carbonyl (C=O) groups is 1. The van der Waals surface area contributed by atoms with E-state index >= 15 is 0 Å². The lowest BCUT2D eigenvalue weighted by atomic mass is 9.81.